The Balaban J connectivity index is 1.83. The summed E-state index contributed by atoms with van der Waals surface area (Å²) in [7, 11) is 0. The van der Waals surface area contributed by atoms with E-state index in [1.54, 1.807) is 0 Å². The maximum absolute atomic E-state index is 12.2. The number of hydrogen-bond acceptors (Lipinski definition) is 4. The summed E-state index contributed by atoms with van der Waals surface area (Å²) in [4.78, 5) is 29.0. The van der Waals surface area contributed by atoms with Crippen molar-refractivity contribution < 1.29 is 19.4 Å². The Hall–Kier alpha value is -2.34. The number of carbonyl (C=O) groups excluding carboxylic acids is 1. The van der Waals surface area contributed by atoms with Crippen LogP contribution in [0.25, 0.3) is 0 Å². The first-order chi connectivity index (χ1) is 10.5. The average molecular weight is 321 g/mol. The molecule has 114 valence electrons. The van der Waals surface area contributed by atoms with Crippen molar-refractivity contribution in [3.63, 3.8) is 0 Å². The molecule has 22 heavy (non-hydrogen) atoms. The minimum absolute atomic E-state index is 0.0511. The van der Waals surface area contributed by atoms with E-state index in [2.05, 4.69) is 11.6 Å². The number of amides is 1. The van der Waals surface area contributed by atoms with Crippen LogP contribution >= 0.6 is 11.6 Å². The number of rotatable bonds is 5. The molecule has 1 aromatic rings. The number of ether oxygens (including phenoxy) is 1. The second kappa shape index (κ2) is 5.46. The summed E-state index contributed by atoms with van der Waals surface area (Å²) in [6.45, 7) is 3.62. The number of nitrogens with zero attached hydrogens (tertiary/aromatic N) is 2. The van der Waals surface area contributed by atoms with E-state index in [4.69, 9.17) is 16.3 Å². The molecule has 1 aromatic carbocycles. The molecule has 7 heteroatoms. The molecule has 0 saturated carbocycles. The summed E-state index contributed by atoms with van der Waals surface area (Å²) in [5, 5.41) is 9.32. The third kappa shape index (κ3) is 2.16. The standard InChI is InChI=1S/C15H13ClN2O4/c1-8(7-16)11(15(20)21)18-13(19)10-14(18)22-12(17-10)9-5-3-2-4-6-9/h2-6,10-11,14H,1,7H2,(H,20,21)/t10-,11+,14-/m0/s1. The maximum Gasteiger partial charge on any atom is 0.330 e. The lowest BCUT2D eigenvalue weighted by molar-refractivity contribution is -0.174. The van der Waals surface area contributed by atoms with Gasteiger partial charge in [-0.1, -0.05) is 24.8 Å². The predicted octanol–water partition coefficient (Wildman–Crippen LogP) is 1.25. The summed E-state index contributed by atoms with van der Waals surface area (Å²) >= 11 is 5.66. The molecule has 1 saturated heterocycles. The van der Waals surface area contributed by atoms with Crippen molar-refractivity contribution in [2.75, 3.05) is 5.88 Å². The van der Waals surface area contributed by atoms with Crippen LogP contribution in [0.4, 0.5) is 0 Å². The number of benzene rings is 1. The molecular weight excluding hydrogens is 308 g/mol. The molecule has 0 radical (unpaired) electrons. The molecule has 6 nitrogen and oxygen atoms in total. The monoisotopic (exact) mass is 320 g/mol. The van der Waals surface area contributed by atoms with Gasteiger partial charge in [-0.2, -0.15) is 0 Å². The molecule has 3 rings (SSSR count). The Morgan fingerprint density at radius 1 is 1.45 bits per heavy atom. The lowest BCUT2D eigenvalue weighted by atomic mass is 9.98. The Morgan fingerprint density at radius 3 is 2.73 bits per heavy atom. The highest BCUT2D eigenvalue weighted by molar-refractivity contribution is 6.20. The van der Waals surface area contributed by atoms with Crippen molar-refractivity contribution in [3.05, 3.63) is 48.0 Å². The molecule has 0 unspecified atom stereocenters. The van der Waals surface area contributed by atoms with Crippen molar-refractivity contribution in [3.8, 4) is 0 Å². The van der Waals surface area contributed by atoms with Crippen molar-refractivity contribution in [2.24, 2.45) is 4.99 Å². The third-order valence-corrected chi connectivity index (χ3v) is 3.97. The molecule has 0 bridgehead atoms. The highest BCUT2D eigenvalue weighted by Crippen LogP contribution is 2.34. The number of carboxylic acid groups (broad SMARTS) is 1. The van der Waals surface area contributed by atoms with Gasteiger partial charge >= 0.3 is 5.97 Å². The lowest BCUT2D eigenvalue weighted by Gasteiger charge is -2.43. The summed E-state index contributed by atoms with van der Waals surface area (Å²) in [6.07, 6.45) is -0.719. The van der Waals surface area contributed by atoms with E-state index in [1.807, 2.05) is 30.3 Å². The van der Waals surface area contributed by atoms with E-state index >= 15 is 0 Å². The van der Waals surface area contributed by atoms with Gasteiger partial charge in [0.2, 0.25) is 12.1 Å². The van der Waals surface area contributed by atoms with Crippen LogP contribution in [-0.2, 0) is 14.3 Å². The van der Waals surface area contributed by atoms with E-state index in [-0.39, 0.29) is 11.5 Å². The van der Waals surface area contributed by atoms with E-state index in [9.17, 15) is 14.7 Å². The fraction of sp³-hybridized carbons (Fsp3) is 0.267. The van der Waals surface area contributed by atoms with Gasteiger partial charge in [-0.3, -0.25) is 9.69 Å². The first-order valence-corrected chi connectivity index (χ1v) is 7.16. The van der Waals surface area contributed by atoms with Crippen LogP contribution in [0.2, 0.25) is 0 Å². The molecule has 2 heterocycles. The third-order valence-electron chi connectivity index (χ3n) is 3.63. The van der Waals surface area contributed by atoms with Crippen molar-refractivity contribution in [1.82, 2.24) is 4.90 Å². The molecule has 2 aliphatic heterocycles. The Labute approximate surface area is 131 Å². The normalized spacial score (nSPS) is 24.0. The molecule has 1 N–H and O–H groups in total. The number of alkyl halides is 1. The number of aliphatic imine (C=N–C) groups is 1. The zero-order valence-electron chi connectivity index (χ0n) is 11.5. The largest absolute Gasteiger partial charge is 0.479 e. The Kier molecular flexibility index (Phi) is 3.62. The van der Waals surface area contributed by atoms with E-state index in [0.29, 0.717) is 5.90 Å². The Bertz CT molecular complexity index is 673. The van der Waals surface area contributed by atoms with Crippen LogP contribution in [0, 0.1) is 0 Å². The number of likely N-dealkylation sites (tertiary alicyclic amines) is 1. The molecule has 1 fully saturated rings. The van der Waals surface area contributed by atoms with Crippen molar-refractivity contribution >= 4 is 29.4 Å². The van der Waals surface area contributed by atoms with Crippen molar-refractivity contribution in [2.45, 2.75) is 18.3 Å². The molecule has 3 atom stereocenters. The van der Waals surface area contributed by atoms with Crippen molar-refractivity contribution in [1.29, 1.82) is 0 Å². The molecule has 1 amide bonds. The molecular formula is C15H13ClN2O4. The Morgan fingerprint density at radius 2 is 2.14 bits per heavy atom. The van der Waals surface area contributed by atoms with Gasteiger partial charge in [0.05, 0.1) is 0 Å². The molecule has 0 spiro atoms. The SMILES string of the molecule is C=C(CCl)[C@H](C(=O)O)N1C(=O)[C@@H]2N=C(c3ccccc3)O[C@@H]21. The number of hydrogen-bond donors (Lipinski definition) is 1. The number of fused-ring (bicyclic) bond motifs is 1. The average Bonchev–Trinajstić information content (AvgIpc) is 2.92. The van der Waals surface area contributed by atoms with Gasteiger partial charge in [0.15, 0.2) is 12.1 Å². The van der Waals surface area contributed by atoms with Crippen LogP contribution in [0.1, 0.15) is 5.56 Å². The fourth-order valence-corrected chi connectivity index (χ4v) is 2.69. The first kappa shape index (κ1) is 14.6. The smallest absolute Gasteiger partial charge is 0.330 e. The van der Waals surface area contributed by atoms with Gasteiger partial charge in [0.1, 0.15) is 0 Å². The van der Waals surface area contributed by atoms with Gasteiger partial charge in [0.25, 0.3) is 5.91 Å². The first-order valence-electron chi connectivity index (χ1n) is 6.63. The second-order valence-electron chi connectivity index (χ2n) is 5.03. The zero-order valence-corrected chi connectivity index (χ0v) is 12.2. The molecule has 2 aliphatic rings. The van der Waals surface area contributed by atoms with E-state index in [1.165, 1.54) is 0 Å². The number of halogens is 1. The molecule has 0 aromatic heterocycles. The number of aliphatic carboxylic acids is 1. The van der Waals surface area contributed by atoms with Crippen LogP contribution < -0.4 is 0 Å². The predicted molar refractivity (Wildman–Crippen MR) is 79.8 cm³/mol. The number of β-lactam (4-membered cyclic amide) rings is 1. The van der Waals surface area contributed by atoms with E-state index < -0.39 is 30.2 Å². The van der Waals surface area contributed by atoms with Gasteiger partial charge in [-0.05, 0) is 17.7 Å². The van der Waals surface area contributed by atoms with Gasteiger partial charge in [0, 0.05) is 11.4 Å². The van der Waals surface area contributed by atoms with Gasteiger partial charge < -0.3 is 9.84 Å². The summed E-state index contributed by atoms with van der Waals surface area (Å²) in [6, 6.07) is 7.25. The summed E-state index contributed by atoms with van der Waals surface area (Å²) in [5.74, 6) is -1.29. The fourth-order valence-electron chi connectivity index (χ4n) is 2.54. The van der Waals surface area contributed by atoms with Crippen LogP contribution in [0.5, 0.6) is 0 Å². The zero-order chi connectivity index (χ0) is 15.9. The lowest BCUT2D eigenvalue weighted by Crippen LogP contribution is -2.68. The molecule has 0 aliphatic carbocycles. The maximum atomic E-state index is 12.2. The minimum Gasteiger partial charge on any atom is -0.479 e. The summed E-state index contributed by atoms with van der Waals surface area (Å²) < 4.78 is 5.66. The topological polar surface area (TPSA) is 79.2 Å². The minimum atomic E-state index is -1.20. The number of carbonyl (C=O) groups is 2. The summed E-state index contributed by atoms with van der Waals surface area (Å²) in [5.41, 5.74) is 0.977. The van der Waals surface area contributed by atoms with Gasteiger partial charge in [-0.15, -0.1) is 11.6 Å². The van der Waals surface area contributed by atoms with E-state index in [0.717, 1.165) is 10.5 Å². The van der Waals surface area contributed by atoms with Crippen LogP contribution in [0.3, 0.4) is 0 Å². The second-order valence-corrected chi connectivity index (χ2v) is 5.30. The number of carboxylic acids is 1. The van der Waals surface area contributed by atoms with Gasteiger partial charge in [-0.25, -0.2) is 9.79 Å². The highest BCUT2D eigenvalue weighted by atomic mass is 35.5. The van der Waals surface area contributed by atoms with Crippen LogP contribution in [-0.4, -0.2) is 52.0 Å². The highest BCUT2D eigenvalue weighted by Gasteiger charge is 2.58. The quantitative estimate of drug-likeness (QED) is 0.503. The van der Waals surface area contributed by atoms with Crippen LogP contribution in [0.15, 0.2) is 47.5 Å².